The van der Waals surface area contributed by atoms with E-state index in [0.717, 1.165) is 5.56 Å². The van der Waals surface area contributed by atoms with Crippen molar-refractivity contribution in [3.63, 3.8) is 0 Å². The quantitative estimate of drug-likeness (QED) is 0.712. The highest BCUT2D eigenvalue weighted by Gasteiger charge is 2.28. The van der Waals surface area contributed by atoms with Gasteiger partial charge in [-0.3, -0.25) is 4.79 Å². The van der Waals surface area contributed by atoms with Gasteiger partial charge in [0, 0.05) is 6.54 Å². The molecule has 5 nitrogen and oxygen atoms in total. The first-order valence-corrected chi connectivity index (χ1v) is 10.5. The van der Waals surface area contributed by atoms with E-state index in [0.29, 0.717) is 5.56 Å². The highest BCUT2D eigenvalue weighted by Crippen LogP contribution is 2.18. The maximum atomic E-state index is 14.0. The Kier molecular flexibility index (Phi) is 6.96. The minimum Gasteiger partial charge on any atom is -0.460 e. The van der Waals surface area contributed by atoms with Crippen molar-refractivity contribution in [3.05, 3.63) is 65.5 Å². The van der Waals surface area contributed by atoms with Gasteiger partial charge in [0.15, 0.2) is 0 Å². The second-order valence-electron chi connectivity index (χ2n) is 7.69. The van der Waals surface area contributed by atoms with Crippen LogP contribution in [0.2, 0.25) is 0 Å². The van der Waals surface area contributed by atoms with Gasteiger partial charge in [-0.25, -0.2) is 17.5 Å². The van der Waals surface area contributed by atoms with E-state index in [9.17, 15) is 17.6 Å². The molecule has 7 heteroatoms. The molecule has 0 amide bonds. The number of sulfonamides is 1. The summed E-state index contributed by atoms with van der Waals surface area (Å²) in [5, 5.41) is 0. The van der Waals surface area contributed by atoms with Crippen LogP contribution in [-0.4, -0.2) is 26.5 Å². The van der Waals surface area contributed by atoms with E-state index in [1.54, 1.807) is 51.1 Å². The molecule has 2 aromatic rings. The van der Waals surface area contributed by atoms with E-state index in [1.165, 1.54) is 18.2 Å². The zero-order valence-corrected chi connectivity index (χ0v) is 17.3. The first-order valence-electron chi connectivity index (χ1n) is 9.00. The Hall–Kier alpha value is -2.25. The molecule has 0 fully saturated rings. The maximum Gasteiger partial charge on any atom is 0.311 e. The second kappa shape index (κ2) is 8.84. The van der Waals surface area contributed by atoms with Crippen LogP contribution in [0.25, 0.3) is 0 Å². The molecule has 0 spiro atoms. The highest BCUT2D eigenvalue weighted by molar-refractivity contribution is 7.89. The van der Waals surface area contributed by atoms with Crippen molar-refractivity contribution in [2.45, 2.75) is 44.6 Å². The molecule has 2 rings (SSSR count). The van der Waals surface area contributed by atoms with Crippen molar-refractivity contribution < 1.29 is 22.3 Å². The van der Waals surface area contributed by atoms with Gasteiger partial charge in [-0.05, 0) is 57.9 Å². The standard InChI is InChI=1S/C21H26FNO4S/c1-15-9-11-18(12-10-15)28(25,26)23-14-17(20(24)27-21(2,3)4)13-16-7-5-6-8-19(16)22/h5-12,17,23H,13-14H2,1-4H3/t17-/m0/s1. The predicted molar refractivity (Wildman–Crippen MR) is 106 cm³/mol. The van der Waals surface area contributed by atoms with E-state index in [2.05, 4.69) is 4.72 Å². The van der Waals surface area contributed by atoms with Crippen LogP contribution in [0.1, 0.15) is 31.9 Å². The van der Waals surface area contributed by atoms with Gasteiger partial charge in [0.05, 0.1) is 10.8 Å². The lowest BCUT2D eigenvalue weighted by molar-refractivity contribution is -0.159. The largest absolute Gasteiger partial charge is 0.460 e. The van der Waals surface area contributed by atoms with Crippen molar-refractivity contribution >= 4 is 16.0 Å². The molecule has 0 heterocycles. The SMILES string of the molecule is Cc1ccc(S(=O)(=O)NC[C@H](Cc2ccccc2F)C(=O)OC(C)(C)C)cc1. The van der Waals surface area contributed by atoms with E-state index in [1.807, 2.05) is 6.92 Å². The van der Waals surface area contributed by atoms with Gasteiger partial charge < -0.3 is 4.74 Å². The van der Waals surface area contributed by atoms with Crippen LogP contribution in [0.15, 0.2) is 53.4 Å². The van der Waals surface area contributed by atoms with Crippen molar-refractivity contribution in [2.75, 3.05) is 6.54 Å². The summed E-state index contributed by atoms with van der Waals surface area (Å²) in [5.41, 5.74) is 0.526. The number of carbonyl (C=O) groups is 1. The van der Waals surface area contributed by atoms with E-state index >= 15 is 0 Å². The van der Waals surface area contributed by atoms with E-state index < -0.39 is 33.3 Å². The smallest absolute Gasteiger partial charge is 0.311 e. The molecule has 0 aromatic heterocycles. The van der Waals surface area contributed by atoms with Crippen molar-refractivity contribution in [1.82, 2.24) is 4.72 Å². The Labute approximate surface area is 166 Å². The molecule has 0 aliphatic heterocycles. The van der Waals surface area contributed by atoms with Crippen molar-refractivity contribution in [3.8, 4) is 0 Å². The number of rotatable bonds is 7. The van der Waals surface area contributed by atoms with Crippen LogP contribution >= 0.6 is 0 Å². The molecule has 0 unspecified atom stereocenters. The fourth-order valence-corrected chi connectivity index (χ4v) is 3.65. The topological polar surface area (TPSA) is 72.5 Å². The van der Waals surface area contributed by atoms with Gasteiger partial charge in [0.25, 0.3) is 0 Å². The van der Waals surface area contributed by atoms with Gasteiger partial charge >= 0.3 is 5.97 Å². The average molecular weight is 408 g/mol. The molecule has 0 aliphatic rings. The molecule has 1 atom stereocenters. The van der Waals surface area contributed by atoms with Crippen LogP contribution in [0, 0.1) is 18.7 Å². The van der Waals surface area contributed by atoms with Gasteiger partial charge in [-0.2, -0.15) is 0 Å². The first-order chi connectivity index (χ1) is 13.0. The van der Waals surface area contributed by atoms with Crippen LogP contribution in [-0.2, 0) is 26.0 Å². The minimum atomic E-state index is -3.80. The third kappa shape index (κ3) is 6.42. The average Bonchev–Trinajstić information content (AvgIpc) is 2.59. The number of hydrogen-bond donors (Lipinski definition) is 1. The maximum absolute atomic E-state index is 14.0. The third-order valence-electron chi connectivity index (χ3n) is 4.02. The summed E-state index contributed by atoms with van der Waals surface area (Å²) in [5.74, 6) is -1.89. The summed E-state index contributed by atoms with van der Waals surface area (Å²) < 4.78 is 47.0. The van der Waals surface area contributed by atoms with Crippen molar-refractivity contribution in [2.24, 2.45) is 5.92 Å². The summed E-state index contributed by atoms with van der Waals surface area (Å²) in [4.78, 5) is 12.7. The number of carbonyl (C=O) groups excluding carboxylic acids is 1. The lowest BCUT2D eigenvalue weighted by atomic mass is 9.99. The molecule has 28 heavy (non-hydrogen) atoms. The molecule has 0 saturated heterocycles. The summed E-state index contributed by atoms with van der Waals surface area (Å²) >= 11 is 0. The Morgan fingerprint density at radius 3 is 2.29 bits per heavy atom. The first kappa shape index (κ1) is 22.0. The zero-order valence-electron chi connectivity index (χ0n) is 16.5. The lowest BCUT2D eigenvalue weighted by Crippen LogP contribution is -2.38. The number of halogens is 1. The Morgan fingerprint density at radius 1 is 1.11 bits per heavy atom. The van der Waals surface area contributed by atoms with Crippen molar-refractivity contribution in [1.29, 1.82) is 0 Å². The summed E-state index contributed by atoms with van der Waals surface area (Å²) in [7, 11) is -3.80. The molecule has 0 aliphatic carbocycles. The summed E-state index contributed by atoms with van der Waals surface area (Å²) in [6, 6.07) is 12.5. The summed E-state index contributed by atoms with van der Waals surface area (Å²) in [6.07, 6.45) is 0.0258. The van der Waals surface area contributed by atoms with E-state index in [4.69, 9.17) is 4.74 Å². The molecule has 0 bridgehead atoms. The molecule has 0 saturated carbocycles. The summed E-state index contributed by atoms with van der Waals surface area (Å²) in [6.45, 7) is 6.83. The number of hydrogen-bond acceptors (Lipinski definition) is 4. The fourth-order valence-electron chi connectivity index (χ4n) is 2.56. The Morgan fingerprint density at radius 2 is 1.71 bits per heavy atom. The molecule has 2 aromatic carbocycles. The van der Waals surface area contributed by atoms with Crippen LogP contribution in [0.3, 0.4) is 0 Å². The highest BCUT2D eigenvalue weighted by atomic mass is 32.2. The number of ether oxygens (including phenoxy) is 1. The van der Waals surface area contributed by atoms with Gasteiger partial charge in [-0.1, -0.05) is 35.9 Å². The van der Waals surface area contributed by atoms with Gasteiger partial charge in [-0.15, -0.1) is 0 Å². The fraction of sp³-hybridized carbons (Fsp3) is 0.381. The Bertz CT molecular complexity index is 918. The molecular formula is C21H26FNO4S. The van der Waals surface area contributed by atoms with E-state index in [-0.39, 0.29) is 17.9 Å². The number of nitrogens with one attached hydrogen (secondary N) is 1. The molecule has 1 N–H and O–H groups in total. The van der Waals surface area contributed by atoms with Gasteiger partial charge in [0.1, 0.15) is 11.4 Å². The lowest BCUT2D eigenvalue weighted by Gasteiger charge is -2.24. The molecule has 0 radical (unpaired) electrons. The zero-order chi connectivity index (χ0) is 20.9. The minimum absolute atomic E-state index is 0.0258. The normalized spacial score (nSPS) is 13.2. The second-order valence-corrected chi connectivity index (χ2v) is 9.46. The third-order valence-corrected chi connectivity index (χ3v) is 5.45. The molecule has 152 valence electrons. The predicted octanol–water partition coefficient (Wildman–Crippen LogP) is 3.61. The van der Waals surface area contributed by atoms with Crippen LogP contribution < -0.4 is 4.72 Å². The van der Waals surface area contributed by atoms with Crippen LogP contribution in [0.4, 0.5) is 4.39 Å². The number of benzene rings is 2. The molecular weight excluding hydrogens is 381 g/mol. The monoisotopic (exact) mass is 407 g/mol. The number of esters is 1. The van der Waals surface area contributed by atoms with Gasteiger partial charge in [0.2, 0.25) is 10.0 Å². The van der Waals surface area contributed by atoms with Crippen LogP contribution in [0.5, 0.6) is 0 Å². The number of aryl methyl sites for hydroxylation is 1. The Balaban J connectivity index is 2.20.